The van der Waals surface area contributed by atoms with E-state index < -0.39 is 0 Å². The Kier molecular flexibility index (Phi) is 5.79. The van der Waals surface area contributed by atoms with Crippen molar-refractivity contribution < 1.29 is 18.4 Å². The van der Waals surface area contributed by atoms with Gasteiger partial charge < -0.3 is 14.2 Å². The van der Waals surface area contributed by atoms with Crippen molar-refractivity contribution in [1.29, 1.82) is 0 Å². The average molecular weight is 396 g/mol. The van der Waals surface area contributed by atoms with Gasteiger partial charge in [-0.05, 0) is 49.2 Å². The number of nitrogens with zero attached hydrogens (tertiary/aromatic N) is 4. The lowest BCUT2D eigenvalue weighted by molar-refractivity contribution is 0.0695. The van der Waals surface area contributed by atoms with Crippen molar-refractivity contribution in [2.75, 3.05) is 19.7 Å². The molecule has 1 aliphatic rings. The van der Waals surface area contributed by atoms with Gasteiger partial charge >= 0.3 is 0 Å². The Morgan fingerprint density at radius 3 is 2.93 bits per heavy atom. The minimum atomic E-state index is -0.302. The number of carbonyl (C=O) groups is 1. The van der Waals surface area contributed by atoms with Crippen LogP contribution in [0.4, 0.5) is 4.39 Å². The van der Waals surface area contributed by atoms with Gasteiger partial charge in [-0.3, -0.25) is 9.78 Å². The Morgan fingerprint density at radius 1 is 1.28 bits per heavy atom. The van der Waals surface area contributed by atoms with Crippen LogP contribution in [0.15, 0.2) is 53.3 Å². The number of rotatable bonds is 6. The van der Waals surface area contributed by atoms with Gasteiger partial charge in [-0.1, -0.05) is 5.16 Å². The van der Waals surface area contributed by atoms with E-state index in [0.717, 1.165) is 12.8 Å². The molecule has 1 aromatic carbocycles. The fourth-order valence-corrected chi connectivity index (χ4v) is 3.36. The summed E-state index contributed by atoms with van der Waals surface area (Å²) in [5.41, 5.74) is 0.581. The number of carbonyl (C=O) groups excluding carboxylic acids is 1. The highest BCUT2D eigenvalue weighted by atomic mass is 19.1. The maximum absolute atomic E-state index is 12.9. The van der Waals surface area contributed by atoms with Crippen LogP contribution in [0.25, 0.3) is 0 Å². The number of amides is 1. The van der Waals surface area contributed by atoms with Crippen LogP contribution < -0.4 is 4.74 Å². The standard InChI is InChI=1S/C21H21FN4O3/c22-17-5-7-18(8-6-17)28-12-9-19-24-20(29-25-19)16-4-2-11-26(14-16)21(27)15-3-1-10-23-13-15/h1,3,5-8,10,13,16H,2,4,9,11-12,14H2. The summed E-state index contributed by atoms with van der Waals surface area (Å²) in [6.07, 6.45) is 5.48. The number of ether oxygens (including phenoxy) is 1. The third-order valence-electron chi connectivity index (χ3n) is 4.86. The van der Waals surface area contributed by atoms with E-state index in [-0.39, 0.29) is 17.6 Å². The summed E-state index contributed by atoms with van der Waals surface area (Å²) in [4.78, 5) is 23.0. The van der Waals surface area contributed by atoms with Gasteiger partial charge in [0.25, 0.3) is 5.91 Å². The Bertz CT molecular complexity index is 946. The number of hydrogen-bond acceptors (Lipinski definition) is 6. The number of hydrogen-bond donors (Lipinski definition) is 0. The number of halogens is 1. The SMILES string of the molecule is O=C(c1cccnc1)N1CCCC(c2nc(CCOc3ccc(F)cc3)no2)C1. The van der Waals surface area contributed by atoms with Gasteiger partial charge in [0.05, 0.1) is 18.1 Å². The molecular weight excluding hydrogens is 375 g/mol. The van der Waals surface area contributed by atoms with E-state index in [9.17, 15) is 9.18 Å². The van der Waals surface area contributed by atoms with Gasteiger partial charge in [-0.25, -0.2) is 4.39 Å². The number of piperidine rings is 1. The largest absolute Gasteiger partial charge is 0.493 e. The summed E-state index contributed by atoms with van der Waals surface area (Å²) in [5.74, 6) is 1.37. The van der Waals surface area contributed by atoms with Gasteiger partial charge in [0.1, 0.15) is 11.6 Å². The fraction of sp³-hybridized carbons (Fsp3) is 0.333. The quantitative estimate of drug-likeness (QED) is 0.636. The first-order valence-corrected chi connectivity index (χ1v) is 9.59. The van der Waals surface area contributed by atoms with Gasteiger partial charge in [0.15, 0.2) is 5.82 Å². The topological polar surface area (TPSA) is 81.4 Å². The van der Waals surface area contributed by atoms with E-state index >= 15 is 0 Å². The van der Waals surface area contributed by atoms with Gasteiger partial charge in [0.2, 0.25) is 5.89 Å². The third kappa shape index (κ3) is 4.77. The monoisotopic (exact) mass is 396 g/mol. The zero-order valence-corrected chi connectivity index (χ0v) is 15.8. The molecule has 8 heteroatoms. The molecule has 0 spiro atoms. The van der Waals surface area contributed by atoms with E-state index in [4.69, 9.17) is 9.26 Å². The molecule has 29 heavy (non-hydrogen) atoms. The summed E-state index contributed by atoms with van der Waals surface area (Å²) in [5, 5.41) is 4.03. The van der Waals surface area contributed by atoms with Crippen molar-refractivity contribution in [3.8, 4) is 5.75 Å². The molecule has 0 aliphatic carbocycles. The minimum absolute atomic E-state index is 0.0173. The molecule has 1 amide bonds. The molecule has 0 radical (unpaired) electrons. The summed E-state index contributed by atoms with van der Waals surface area (Å²) >= 11 is 0. The average Bonchev–Trinajstić information content (AvgIpc) is 3.24. The fourth-order valence-electron chi connectivity index (χ4n) is 3.36. The lowest BCUT2D eigenvalue weighted by Gasteiger charge is -2.31. The van der Waals surface area contributed by atoms with E-state index in [1.165, 1.54) is 12.1 Å². The highest BCUT2D eigenvalue weighted by Crippen LogP contribution is 2.26. The van der Waals surface area contributed by atoms with Crippen LogP contribution in [0.5, 0.6) is 5.75 Å². The number of pyridine rings is 1. The first-order chi connectivity index (χ1) is 14.2. The lowest BCUT2D eigenvalue weighted by Crippen LogP contribution is -2.39. The molecular formula is C21H21FN4O3. The van der Waals surface area contributed by atoms with Gasteiger partial charge in [0, 0.05) is 31.9 Å². The molecule has 1 saturated heterocycles. The summed E-state index contributed by atoms with van der Waals surface area (Å²) < 4.78 is 23.9. The molecule has 1 unspecified atom stereocenters. The Labute approximate surface area is 167 Å². The van der Waals surface area contributed by atoms with Crippen LogP contribution in [-0.2, 0) is 6.42 Å². The second kappa shape index (κ2) is 8.81. The van der Waals surface area contributed by atoms with Crippen molar-refractivity contribution in [3.63, 3.8) is 0 Å². The maximum atomic E-state index is 12.9. The van der Waals surface area contributed by atoms with Crippen LogP contribution in [0.1, 0.15) is 40.8 Å². The van der Waals surface area contributed by atoms with Crippen LogP contribution in [0.2, 0.25) is 0 Å². The number of aromatic nitrogens is 3. The second-order valence-corrected chi connectivity index (χ2v) is 6.93. The van der Waals surface area contributed by atoms with Crippen LogP contribution in [-0.4, -0.2) is 45.6 Å². The van der Waals surface area contributed by atoms with Crippen molar-refractivity contribution in [2.45, 2.75) is 25.2 Å². The van der Waals surface area contributed by atoms with E-state index in [2.05, 4.69) is 15.1 Å². The normalized spacial score (nSPS) is 16.6. The number of likely N-dealkylation sites (tertiary alicyclic amines) is 1. The Balaban J connectivity index is 1.32. The summed E-state index contributed by atoms with van der Waals surface area (Å²) in [6, 6.07) is 9.38. The molecule has 0 N–H and O–H groups in total. The maximum Gasteiger partial charge on any atom is 0.255 e. The predicted molar refractivity (Wildman–Crippen MR) is 102 cm³/mol. The Hall–Kier alpha value is -3.29. The molecule has 1 fully saturated rings. The van der Waals surface area contributed by atoms with Crippen molar-refractivity contribution in [2.24, 2.45) is 0 Å². The summed E-state index contributed by atoms with van der Waals surface area (Å²) in [6.45, 7) is 1.61. The predicted octanol–water partition coefficient (Wildman–Crippen LogP) is 3.25. The third-order valence-corrected chi connectivity index (χ3v) is 4.86. The molecule has 3 aromatic rings. The number of benzene rings is 1. The lowest BCUT2D eigenvalue weighted by atomic mass is 9.97. The highest BCUT2D eigenvalue weighted by Gasteiger charge is 2.29. The molecule has 1 atom stereocenters. The zero-order chi connectivity index (χ0) is 20.1. The molecule has 0 saturated carbocycles. The van der Waals surface area contributed by atoms with Crippen molar-refractivity contribution >= 4 is 5.91 Å². The van der Waals surface area contributed by atoms with Crippen molar-refractivity contribution in [1.82, 2.24) is 20.0 Å². The first-order valence-electron chi connectivity index (χ1n) is 9.59. The van der Waals surface area contributed by atoms with Crippen molar-refractivity contribution in [3.05, 3.63) is 71.9 Å². The highest BCUT2D eigenvalue weighted by molar-refractivity contribution is 5.93. The van der Waals surface area contributed by atoms with Gasteiger partial charge in [-0.2, -0.15) is 4.98 Å². The molecule has 150 valence electrons. The summed E-state index contributed by atoms with van der Waals surface area (Å²) in [7, 11) is 0. The molecule has 1 aliphatic heterocycles. The molecule has 0 bridgehead atoms. The molecule has 4 rings (SSSR count). The minimum Gasteiger partial charge on any atom is -0.493 e. The van der Waals surface area contributed by atoms with E-state index in [1.807, 2.05) is 4.90 Å². The van der Waals surface area contributed by atoms with E-state index in [1.54, 1.807) is 36.7 Å². The first kappa shape index (κ1) is 19.0. The van der Waals surface area contributed by atoms with Crippen LogP contribution in [0, 0.1) is 5.82 Å². The Morgan fingerprint density at radius 2 is 2.14 bits per heavy atom. The molecule has 2 aromatic heterocycles. The van der Waals surface area contributed by atoms with Crippen LogP contribution in [0.3, 0.4) is 0 Å². The molecule has 7 nitrogen and oxygen atoms in total. The van der Waals surface area contributed by atoms with E-state index in [0.29, 0.717) is 49.1 Å². The zero-order valence-electron chi connectivity index (χ0n) is 15.8. The second-order valence-electron chi connectivity index (χ2n) is 6.93. The van der Waals surface area contributed by atoms with Gasteiger partial charge in [-0.15, -0.1) is 0 Å². The smallest absolute Gasteiger partial charge is 0.255 e. The molecule has 3 heterocycles. The van der Waals surface area contributed by atoms with Crippen LogP contribution >= 0.6 is 0 Å².